The molecule has 2 N–H and O–H groups in total. The normalized spacial score (nSPS) is 11.0. The van der Waals surface area contributed by atoms with E-state index >= 15 is 0 Å². The lowest BCUT2D eigenvalue weighted by molar-refractivity contribution is 0.475. The van der Waals surface area contributed by atoms with E-state index in [0.29, 0.717) is 17.1 Å². The van der Waals surface area contributed by atoms with Crippen LogP contribution in [0.15, 0.2) is 59.0 Å². The Bertz CT molecular complexity index is 879. The van der Waals surface area contributed by atoms with E-state index in [4.69, 9.17) is 23.2 Å². The Kier molecular flexibility index (Phi) is 6.33. The molecule has 0 saturated carbocycles. The maximum atomic E-state index is 9.35. The number of halogens is 2. The summed E-state index contributed by atoms with van der Waals surface area (Å²) in [5.41, 5.74) is 6.55. The fraction of sp³-hybridized carbons (Fsp3) is 0.111. The van der Waals surface area contributed by atoms with E-state index in [-0.39, 0.29) is 5.75 Å². The van der Waals surface area contributed by atoms with Gasteiger partial charge < -0.3 is 10.0 Å². The third-order valence-electron chi connectivity index (χ3n) is 3.56. The number of thiazole rings is 1. The molecule has 26 heavy (non-hydrogen) atoms. The molecule has 0 saturated heterocycles. The fourth-order valence-corrected chi connectivity index (χ4v) is 3.42. The Hall–Kier alpha value is -2.28. The molecule has 0 bridgehead atoms. The monoisotopic (exact) mass is 406 g/mol. The van der Waals surface area contributed by atoms with Crippen molar-refractivity contribution in [2.75, 3.05) is 22.3 Å². The van der Waals surface area contributed by atoms with Crippen molar-refractivity contribution in [2.24, 2.45) is 5.10 Å². The number of nitrogens with one attached hydrogen (secondary N) is 1. The molecule has 2 aromatic carbocycles. The predicted octanol–water partition coefficient (Wildman–Crippen LogP) is 5.16. The van der Waals surface area contributed by atoms with Gasteiger partial charge in [-0.25, -0.2) is 4.98 Å². The van der Waals surface area contributed by atoms with Gasteiger partial charge in [0.2, 0.25) is 5.13 Å². The molecule has 0 aliphatic carbocycles. The van der Waals surface area contributed by atoms with Gasteiger partial charge in [0.25, 0.3) is 0 Å². The average molecular weight is 407 g/mol. The van der Waals surface area contributed by atoms with Gasteiger partial charge in [-0.1, -0.05) is 12.1 Å². The molecule has 1 heterocycles. The average Bonchev–Trinajstić information content (AvgIpc) is 3.13. The molecule has 8 heteroatoms. The number of hydrogen-bond donors (Lipinski definition) is 2. The molecule has 134 valence electrons. The molecule has 0 fully saturated rings. The van der Waals surface area contributed by atoms with Crippen molar-refractivity contribution in [2.45, 2.75) is 0 Å². The lowest BCUT2D eigenvalue weighted by Gasteiger charge is -2.18. The zero-order valence-electron chi connectivity index (χ0n) is 13.6. The van der Waals surface area contributed by atoms with Crippen LogP contribution in [-0.4, -0.2) is 28.3 Å². The molecule has 3 rings (SSSR count). The SMILES string of the molecule is Oc1ccc(-c2csc(NN=Cc3cccc(N(CCl)CCl)c3)n2)cc1. The number of hydrazone groups is 1. The van der Waals surface area contributed by atoms with Crippen LogP contribution < -0.4 is 10.3 Å². The number of aromatic nitrogens is 1. The second kappa shape index (κ2) is 8.89. The van der Waals surface area contributed by atoms with Crippen LogP contribution in [0.2, 0.25) is 0 Å². The van der Waals surface area contributed by atoms with E-state index in [9.17, 15) is 5.11 Å². The highest BCUT2D eigenvalue weighted by Gasteiger charge is 2.05. The van der Waals surface area contributed by atoms with Crippen LogP contribution in [-0.2, 0) is 0 Å². The molecular formula is C18H16Cl2N4OS. The number of aromatic hydroxyl groups is 1. The maximum absolute atomic E-state index is 9.35. The van der Waals surface area contributed by atoms with Gasteiger partial charge in [-0.15, -0.1) is 34.5 Å². The van der Waals surface area contributed by atoms with E-state index in [1.165, 1.54) is 11.3 Å². The van der Waals surface area contributed by atoms with Gasteiger partial charge in [0.15, 0.2) is 0 Å². The van der Waals surface area contributed by atoms with E-state index in [1.807, 2.05) is 46.7 Å². The number of hydrogen-bond acceptors (Lipinski definition) is 6. The highest BCUT2D eigenvalue weighted by molar-refractivity contribution is 7.14. The minimum absolute atomic E-state index is 0.232. The van der Waals surface area contributed by atoms with Gasteiger partial charge in [-0.3, -0.25) is 5.43 Å². The van der Waals surface area contributed by atoms with Crippen LogP contribution in [0.1, 0.15) is 5.56 Å². The molecule has 0 spiro atoms. The second-order valence-corrected chi connectivity index (χ2v) is 6.66. The predicted molar refractivity (Wildman–Crippen MR) is 111 cm³/mol. The van der Waals surface area contributed by atoms with Crippen molar-refractivity contribution in [3.63, 3.8) is 0 Å². The van der Waals surface area contributed by atoms with Crippen molar-refractivity contribution >= 4 is 51.6 Å². The number of phenolic OH excluding ortho intramolecular Hbond substituents is 1. The van der Waals surface area contributed by atoms with Crippen molar-refractivity contribution < 1.29 is 5.11 Å². The van der Waals surface area contributed by atoms with Crippen molar-refractivity contribution in [3.8, 4) is 17.0 Å². The first kappa shape index (κ1) is 18.5. The highest BCUT2D eigenvalue weighted by atomic mass is 35.5. The summed E-state index contributed by atoms with van der Waals surface area (Å²) < 4.78 is 0. The summed E-state index contributed by atoms with van der Waals surface area (Å²) >= 11 is 13.2. The minimum atomic E-state index is 0.232. The molecule has 5 nitrogen and oxygen atoms in total. The van der Waals surface area contributed by atoms with Crippen molar-refractivity contribution in [3.05, 3.63) is 59.5 Å². The van der Waals surface area contributed by atoms with E-state index in [1.54, 1.807) is 18.3 Å². The molecule has 0 amide bonds. The Labute approximate surface area is 165 Å². The number of anilines is 2. The van der Waals surface area contributed by atoms with Gasteiger partial charge in [-0.2, -0.15) is 5.10 Å². The quantitative estimate of drug-likeness (QED) is 0.246. The Balaban J connectivity index is 1.66. The summed E-state index contributed by atoms with van der Waals surface area (Å²) in [6, 6.07) is 15.3. The zero-order valence-corrected chi connectivity index (χ0v) is 16.0. The second-order valence-electron chi connectivity index (χ2n) is 5.33. The fourth-order valence-electron chi connectivity index (χ4n) is 2.22. The van der Waals surface area contributed by atoms with Crippen molar-refractivity contribution in [1.29, 1.82) is 0 Å². The molecule has 0 atom stereocenters. The van der Waals surface area contributed by atoms with Gasteiger partial charge in [0.05, 0.1) is 23.9 Å². The summed E-state index contributed by atoms with van der Waals surface area (Å²) in [5, 5.41) is 16.2. The van der Waals surface area contributed by atoms with Gasteiger partial charge in [0.1, 0.15) is 5.75 Å². The maximum Gasteiger partial charge on any atom is 0.203 e. The topological polar surface area (TPSA) is 60.8 Å². The zero-order chi connectivity index (χ0) is 18.4. The third-order valence-corrected chi connectivity index (χ3v) is 4.89. The lowest BCUT2D eigenvalue weighted by Crippen LogP contribution is -2.19. The molecule has 0 radical (unpaired) electrons. The van der Waals surface area contributed by atoms with Crippen molar-refractivity contribution in [1.82, 2.24) is 4.98 Å². The molecular weight excluding hydrogens is 391 g/mol. The number of alkyl halides is 2. The molecule has 0 aliphatic heterocycles. The molecule has 0 aliphatic rings. The number of benzene rings is 2. The number of rotatable bonds is 7. The third kappa shape index (κ3) is 4.66. The summed E-state index contributed by atoms with van der Waals surface area (Å²) in [7, 11) is 0. The van der Waals surface area contributed by atoms with E-state index in [2.05, 4.69) is 15.5 Å². The highest BCUT2D eigenvalue weighted by Crippen LogP contribution is 2.26. The molecule has 3 aromatic rings. The summed E-state index contributed by atoms with van der Waals surface area (Å²) in [6.07, 6.45) is 1.71. The van der Waals surface area contributed by atoms with Crippen LogP contribution in [0, 0.1) is 0 Å². The first-order chi connectivity index (χ1) is 12.7. The Morgan fingerprint density at radius 2 is 1.92 bits per heavy atom. The minimum Gasteiger partial charge on any atom is -0.508 e. The van der Waals surface area contributed by atoms with Crippen LogP contribution >= 0.6 is 34.5 Å². The van der Waals surface area contributed by atoms with E-state index < -0.39 is 0 Å². The largest absolute Gasteiger partial charge is 0.508 e. The lowest BCUT2D eigenvalue weighted by atomic mass is 10.2. The number of phenols is 1. The number of nitrogens with zero attached hydrogens (tertiary/aromatic N) is 3. The van der Waals surface area contributed by atoms with Crippen LogP contribution in [0.5, 0.6) is 5.75 Å². The molecule has 0 unspecified atom stereocenters. The first-order valence-corrected chi connectivity index (χ1v) is 9.65. The summed E-state index contributed by atoms with van der Waals surface area (Å²) in [4.78, 5) is 6.31. The van der Waals surface area contributed by atoms with E-state index in [0.717, 1.165) is 22.5 Å². The van der Waals surface area contributed by atoms with Gasteiger partial charge in [-0.05, 0) is 42.0 Å². The molecule has 1 aromatic heterocycles. The standard InChI is InChI=1S/C18H16Cl2N4OS/c19-11-24(12-20)15-3-1-2-13(8-15)9-21-23-18-22-17(10-26-18)14-4-6-16(25)7-5-14/h1-10,25H,11-12H2,(H,22,23). The first-order valence-electron chi connectivity index (χ1n) is 7.70. The smallest absolute Gasteiger partial charge is 0.203 e. The summed E-state index contributed by atoms with van der Waals surface area (Å²) in [6.45, 7) is 0. The van der Waals surface area contributed by atoms with Gasteiger partial charge in [0, 0.05) is 16.6 Å². The Morgan fingerprint density at radius 3 is 2.65 bits per heavy atom. The van der Waals surface area contributed by atoms with Crippen LogP contribution in [0.25, 0.3) is 11.3 Å². The van der Waals surface area contributed by atoms with Crippen LogP contribution in [0.4, 0.5) is 10.8 Å². The summed E-state index contributed by atoms with van der Waals surface area (Å²) in [5.74, 6) is 0.232. The van der Waals surface area contributed by atoms with Crippen LogP contribution in [0.3, 0.4) is 0 Å². The Morgan fingerprint density at radius 1 is 1.15 bits per heavy atom. The van der Waals surface area contributed by atoms with Gasteiger partial charge >= 0.3 is 0 Å².